The van der Waals surface area contributed by atoms with Crippen LogP contribution in [0.1, 0.15) is 18.5 Å². The van der Waals surface area contributed by atoms with Crippen LogP contribution in [-0.4, -0.2) is 18.5 Å². The number of amides is 1. The van der Waals surface area contributed by atoms with Crippen LogP contribution in [-0.2, 0) is 4.79 Å². The van der Waals surface area contributed by atoms with Gasteiger partial charge < -0.3 is 10.6 Å². The summed E-state index contributed by atoms with van der Waals surface area (Å²) in [4.78, 5) is 11.7. The second kappa shape index (κ2) is 4.33. The van der Waals surface area contributed by atoms with Gasteiger partial charge in [-0.25, -0.2) is 0 Å². The molecule has 1 amide bonds. The summed E-state index contributed by atoms with van der Waals surface area (Å²) in [7, 11) is 0. The molecule has 2 atom stereocenters. The first-order valence-corrected chi connectivity index (χ1v) is 5.75. The maximum Gasteiger partial charge on any atom is 0.241 e. The molecule has 0 bridgehead atoms. The maximum atomic E-state index is 11.7. The van der Waals surface area contributed by atoms with E-state index in [0.717, 1.165) is 16.6 Å². The van der Waals surface area contributed by atoms with Gasteiger partial charge in [0.25, 0.3) is 0 Å². The molecule has 0 unspecified atom stereocenters. The number of carbonyl (C=O) groups is 1. The Kier molecular flexibility index (Phi) is 3.07. The second-order valence-electron chi connectivity index (χ2n) is 3.81. The number of rotatable bonds is 1. The molecular formula is C11H13BrN2O. The van der Waals surface area contributed by atoms with Gasteiger partial charge in [-0.3, -0.25) is 4.79 Å². The summed E-state index contributed by atoms with van der Waals surface area (Å²) in [5, 5.41) is 6.16. The molecule has 15 heavy (non-hydrogen) atoms. The molecule has 0 aromatic heterocycles. The van der Waals surface area contributed by atoms with Crippen molar-refractivity contribution < 1.29 is 4.79 Å². The number of hydrogen-bond donors (Lipinski definition) is 2. The molecule has 1 aromatic rings. The van der Waals surface area contributed by atoms with Crippen molar-refractivity contribution in [1.82, 2.24) is 10.6 Å². The van der Waals surface area contributed by atoms with Gasteiger partial charge in [0.2, 0.25) is 5.91 Å². The van der Waals surface area contributed by atoms with Crippen LogP contribution in [0.2, 0.25) is 0 Å². The zero-order valence-corrected chi connectivity index (χ0v) is 10.0. The molecule has 0 radical (unpaired) electrons. The summed E-state index contributed by atoms with van der Waals surface area (Å²) in [6.07, 6.45) is 0. The quantitative estimate of drug-likeness (QED) is 0.813. The fourth-order valence-electron chi connectivity index (χ4n) is 1.72. The van der Waals surface area contributed by atoms with E-state index in [-0.39, 0.29) is 18.0 Å². The van der Waals surface area contributed by atoms with E-state index >= 15 is 0 Å². The van der Waals surface area contributed by atoms with Gasteiger partial charge in [-0.05, 0) is 24.6 Å². The van der Waals surface area contributed by atoms with Gasteiger partial charge in [0, 0.05) is 17.1 Å². The van der Waals surface area contributed by atoms with Crippen molar-refractivity contribution in [3.8, 4) is 0 Å². The van der Waals surface area contributed by atoms with E-state index < -0.39 is 0 Å². The molecule has 0 saturated carbocycles. The van der Waals surface area contributed by atoms with E-state index in [2.05, 4.69) is 26.6 Å². The van der Waals surface area contributed by atoms with Crippen LogP contribution >= 0.6 is 15.9 Å². The molecule has 1 aliphatic rings. The lowest BCUT2D eigenvalue weighted by Gasteiger charge is -2.28. The Hall–Kier alpha value is -0.870. The van der Waals surface area contributed by atoms with Crippen molar-refractivity contribution in [1.29, 1.82) is 0 Å². The van der Waals surface area contributed by atoms with Crippen LogP contribution < -0.4 is 10.6 Å². The predicted octanol–water partition coefficient (Wildman–Crippen LogP) is 1.60. The van der Waals surface area contributed by atoms with Crippen LogP contribution in [0.3, 0.4) is 0 Å². The van der Waals surface area contributed by atoms with E-state index in [1.54, 1.807) is 0 Å². The van der Waals surface area contributed by atoms with Crippen molar-refractivity contribution in [2.24, 2.45) is 0 Å². The summed E-state index contributed by atoms with van der Waals surface area (Å²) in [6, 6.07) is 7.80. The number of piperazine rings is 1. The van der Waals surface area contributed by atoms with E-state index in [1.165, 1.54) is 0 Å². The summed E-state index contributed by atoms with van der Waals surface area (Å²) in [6.45, 7) is 2.80. The zero-order valence-electron chi connectivity index (χ0n) is 8.46. The highest BCUT2D eigenvalue weighted by Gasteiger charge is 2.26. The Labute approximate surface area is 97.4 Å². The molecular weight excluding hydrogens is 256 g/mol. The number of carbonyl (C=O) groups excluding carboxylic acids is 1. The lowest BCUT2D eigenvalue weighted by molar-refractivity contribution is -0.125. The normalized spacial score (nSPS) is 26.1. The first kappa shape index (κ1) is 10.6. The predicted molar refractivity (Wildman–Crippen MR) is 62.5 cm³/mol. The molecule has 1 aromatic carbocycles. The number of benzene rings is 1. The fourth-order valence-corrected chi connectivity index (χ4v) is 2.14. The number of nitrogens with one attached hydrogen (secondary N) is 2. The average Bonchev–Trinajstić information content (AvgIpc) is 2.17. The summed E-state index contributed by atoms with van der Waals surface area (Å²) < 4.78 is 0.994. The van der Waals surface area contributed by atoms with Crippen molar-refractivity contribution in [3.63, 3.8) is 0 Å². The summed E-state index contributed by atoms with van der Waals surface area (Å²) in [5.74, 6) is 0.0480. The maximum absolute atomic E-state index is 11.7. The number of hydrogen-bond acceptors (Lipinski definition) is 2. The van der Waals surface area contributed by atoms with Crippen molar-refractivity contribution in [2.75, 3.05) is 6.54 Å². The Morgan fingerprint density at radius 1 is 1.47 bits per heavy atom. The minimum absolute atomic E-state index is 0.0480. The molecule has 4 heteroatoms. The van der Waals surface area contributed by atoms with Gasteiger partial charge in [-0.15, -0.1) is 0 Å². The minimum atomic E-state index is -0.223. The molecule has 1 aliphatic heterocycles. The third kappa shape index (κ3) is 2.38. The Morgan fingerprint density at radius 2 is 2.27 bits per heavy atom. The fraction of sp³-hybridized carbons (Fsp3) is 0.364. The van der Waals surface area contributed by atoms with Crippen LogP contribution in [0.4, 0.5) is 0 Å². The Balaban J connectivity index is 2.20. The van der Waals surface area contributed by atoms with Gasteiger partial charge >= 0.3 is 0 Å². The zero-order chi connectivity index (χ0) is 10.8. The average molecular weight is 269 g/mol. The molecule has 0 aliphatic carbocycles. The highest BCUT2D eigenvalue weighted by molar-refractivity contribution is 9.10. The molecule has 0 spiro atoms. The van der Waals surface area contributed by atoms with Crippen LogP contribution in [0, 0.1) is 0 Å². The van der Waals surface area contributed by atoms with Crippen molar-refractivity contribution in [2.45, 2.75) is 19.0 Å². The van der Waals surface area contributed by atoms with Crippen molar-refractivity contribution >= 4 is 21.8 Å². The summed E-state index contributed by atoms with van der Waals surface area (Å²) in [5.41, 5.74) is 0.994. The van der Waals surface area contributed by atoms with Crippen LogP contribution in [0.25, 0.3) is 0 Å². The molecule has 2 N–H and O–H groups in total. The standard InChI is InChI=1S/C11H13BrN2O/c1-7-6-13-10(11(15)14-7)8-3-2-4-9(12)5-8/h2-5,7,10,13H,6H2,1H3,(H,14,15)/t7-,10+/m1/s1. The van der Waals surface area contributed by atoms with Crippen LogP contribution in [0.5, 0.6) is 0 Å². The molecule has 1 heterocycles. The lowest BCUT2D eigenvalue weighted by atomic mass is 10.0. The SMILES string of the molecule is C[C@@H]1CN[C@@H](c2cccc(Br)c2)C(=O)N1. The van der Waals surface area contributed by atoms with Gasteiger partial charge in [0.1, 0.15) is 6.04 Å². The number of halogens is 1. The van der Waals surface area contributed by atoms with E-state index in [9.17, 15) is 4.79 Å². The molecule has 3 nitrogen and oxygen atoms in total. The topological polar surface area (TPSA) is 41.1 Å². The minimum Gasteiger partial charge on any atom is -0.351 e. The van der Waals surface area contributed by atoms with Gasteiger partial charge in [0.15, 0.2) is 0 Å². The molecule has 1 saturated heterocycles. The van der Waals surface area contributed by atoms with E-state index in [4.69, 9.17) is 0 Å². The second-order valence-corrected chi connectivity index (χ2v) is 4.72. The van der Waals surface area contributed by atoms with Gasteiger partial charge in [-0.2, -0.15) is 0 Å². The Morgan fingerprint density at radius 3 is 2.93 bits per heavy atom. The van der Waals surface area contributed by atoms with Gasteiger partial charge in [-0.1, -0.05) is 28.1 Å². The third-order valence-corrected chi connectivity index (χ3v) is 2.95. The molecule has 80 valence electrons. The van der Waals surface area contributed by atoms with Crippen molar-refractivity contribution in [3.05, 3.63) is 34.3 Å². The molecule has 2 rings (SSSR count). The highest BCUT2D eigenvalue weighted by atomic mass is 79.9. The first-order chi connectivity index (χ1) is 7.16. The Bertz CT molecular complexity index is 381. The lowest BCUT2D eigenvalue weighted by Crippen LogP contribution is -2.52. The first-order valence-electron chi connectivity index (χ1n) is 4.96. The smallest absolute Gasteiger partial charge is 0.241 e. The van der Waals surface area contributed by atoms with Crippen LogP contribution in [0.15, 0.2) is 28.7 Å². The molecule has 1 fully saturated rings. The van der Waals surface area contributed by atoms with E-state index in [0.29, 0.717) is 0 Å². The largest absolute Gasteiger partial charge is 0.351 e. The highest BCUT2D eigenvalue weighted by Crippen LogP contribution is 2.19. The summed E-state index contributed by atoms with van der Waals surface area (Å²) >= 11 is 3.40. The third-order valence-electron chi connectivity index (χ3n) is 2.46. The van der Waals surface area contributed by atoms with Gasteiger partial charge in [0.05, 0.1) is 0 Å². The monoisotopic (exact) mass is 268 g/mol. The van der Waals surface area contributed by atoms with E-state index in [1.807, 2.05) is 31.2 Å².